The molecule has 0 spiro atoms. The van der Waals surface area contributed by atoms with Crippen molar-refractivity contribution < 1.29 is 39.8 Å². The van der Waals surface area contributed by atoms with E-state index in [1.807, 2.05) is 6.08 Å². The van der Waals surface area contributed by atoms with Crippen molar-refractivity contribution in [2.75, 3.05) is 13.2 Å². The van der Waals surface area contributed by atoms with Crippen molar-refractivity contribution in [3.05, 3.63) is 122 Å². The fourth-order valence-corrected chi connectivity index (χ4v) is 10.3. The molecule has 1 heterocycles. The molecule has 0 bridgehead atoms. The van der Waals surface area contributed by atoms with Gasteiger partial charge in [0.05, 0.1) is 25.4 Å². The van der Waals surface area contributed by atoms with Crippen molar-refractivity contribution in [2.24, 2.45) is 0 Å². The fourth-order valence-electron chi connectivity index (χ4n) is 10.3. The smallest absolute Gasteiger partial charge is 0.220 e. The Bertz CT molecular complexity index is 1740. The van der Waals surface area contributed by atoms with E-state index < -0.39 is 49.5 Å². The fraction of sp³-hybridized carbons (Fsp3) is 0.720. The molecule has 482 valence electrons. The molecule has 1 fully saturated rings. The van der Waals surface area contributed by atoms with E-state index in [9.17, 15) is 30.3 Å². The molecule has 1 amide bonds. The van der Waals surface area contributed by atoms with Gasteiger partial charge in [-0.05, 0) is 103 Å². The molecule has 1 aliphatic heterocycles. The highest BCUT2D eigenvalue weighted by Crippen LogP contribution is 2.23. The van der Waals surface area contributed by atoms with Crippen LogP contribution >= 0.6 is 0 Å². The highest BCUT2D eigenvalue weighted by molar-refractivity contribution is 5.76. The lowest BCUT2D eigenvalue weighted by Gasteiger charge is -2.40. The zero-order valence-electron chi connectivity index (χ0n) is 53.9. The van der Waals surface area contributed by atoms with E-state index in [-0.39, 0.29) is 12.5 Å². The number of carbonyl (C=O) groups is 1. The lowest BCUT2D eigenvalue weighted by molar-refractivity contribution is -0.302. The number of aliphatic hydroxyl groups is 5. The Balaban J connectivity index is 2.13. The van der Waals surface area contributed by atoms with Crippen molar-refractivity contribution >= 4 is 5.91 Å². The van der Waals surface area contributed by atoms with Gasteiger partial charge in [-0.3, -0.25) is 4.79 Å². The Morgan fingerprint density at radius 2 is 0.750 bits per heavy atom. The van der Waals surface area contributed by atoms with Gasteiger partial charge in [-0.15, -0.1) is 0 Å². The molecule has 84 heavy (non-hydrogen) atoms. The van der Waals surface area contributed by atoms with Gasteiger partial charge in [0.15, 0.2) is 6.29 Å². The van der Waals surface area contributed by atoms with E-state index in [0.29, 0.717) is 6.42 Å². The van der Waals surface area contributed by atoms with Gasteiger partial charge < -0.3 is 40.3 Å². The Hall–Kier alpha value is -3.41. The van der Waals surface area contributed by atoms with Gasteiger partial charge in [-0.2, -0.15) is 0 Å². The average Bonchev–Trinajstić information content (AvgIpc) is 3.70. The van der Waals surface area contributed by atoms with Crippen molar-refractivity contribution in [2.45, 2.75) is 333 Å². The first kappa shape index (κ1) is 78.6. The van der Waals surface area contributed by atoms with Crippen LogP contribution in [0.15, 0.2) is 122 Å². The van der Waals surface area contributed by atoms with E-state index in [2.05, 4.69) is 129 Å². The minimum absolute atomic E-state index is 0.191. The van der Waals surface area contributed by atoms with Gasteiger partial charge in [0, 0.05) is 6.42 Å². The van der Waals surface area contributed by atoms with Crippen molar-refractivity contribution in [1.29, 1.82) is 0 Å². The molecule has 1 saturated heterocycles. The average molecular weight is 1170 g/mol. The summed E-state index contributed by atoms with van der Waals surface area (Å²) in [5, 5.41) is 54.7. The first-order chi connectivity index (χ1) is 41.3. The maximum absolute atomic E-state index is 13.1. The van der Waals surface area contributed by atoms with Crippen LogP contribution in [0.2, 0.25) is 0 Å². The SMILES string of the molecule is CC/C=C\C/C=C\C/C=C\C/C=C\C/C=C\C/C=C\C/C=C\CCCCCCCCCCCCCCCCCCCC(=O)NC(COC1OC(CO)C(O)C(O)C1O)C(O)/C=C/CC/C=C/CC/C=C/CCCCCCCCCCCCCC. The van der Waals surface area contributed by atoms with Crippen LogP contribution in [-0.4, -0.2) is 87.5 Å². The van der Waals surface area contributed by atoms with Gasteiger partial charge in [-0.1, -0.05) is 302 Å². The predicted octanol–water partition coefficient (Wildman–Crippen LogP) is 19.0. The molecule has 9 heteroatoms. The maximum Gasteiger partial charge on any atom is 0.220 e. The third kappa shape index (κ3) is 50.7. The molecule has 0 radical (unpaired) electrons. The highest BCUT2D eigenvalue weighted by atomic mass is 16.7. The van der Waals surface area contributed by atoms with E-state index in [4.69, 9.17) is 9.47 Å². The third-order valence-electron chi connectivity index (χ3n) is 15.7. The van der Waals surface area contributed by atoms with Crippen LogP contribution in [0.1, 0.15) is 290 Å². The number of ether oxygens (including phenoxy) is 2. The number of rotatable bonds is 59. The minimum Gasteiger partial charge on any atom is -0.394 e. The van der Waals surface area contributed by atoms with Crippen LogP contribution in [0.4, 0.5) is 0 Å². The van der Waals surface area contributed by atoms with Crippen molar-refractivity contribution in [3.8, 4) is 0 Å². The Morgan fingerprint density at radius 1 is 0.417 bits per heavy atom. The topological polar surface area (TPSA) is 149 Å². The molecule has 9 nitrogen and oxygen atoms in total. The second kappa shape index (κ2) is 62.6. The molecule has 1 rings (SSSR count). The van der Waals surface area contributed by atoms with Gasteiger partial charge in [-0.25, -0.2) is 0 Å². The molecule has 0 aromatic rings. The number of allylic oxidation sites excluding steroid dienone is 19. The van der Waals surface area contributed by atoms with Crippen LogP contribution in [-0.2, 0) is 14.3 Å². The zero-order valence-corrected chi connectivity index (χ0v) is 53.9. The Kier molecular flexibility index (Phi) is 58.6. The number of carbonyl (C=O) groups excluding carboxylic acids is 1. The Labute approximate surface area is 516 Å². The van der Waals surface area contributed by atoms with E-state index in [1.165, 1.54) is 180 Å². The number of hydrogen-bond donors (Lipinski definition) is 6. The van der Waals surface area contributed by atoms with Crippen LogP contribution in [0, 0.1) is 0 Å². The largest absolute Gasteiger partial charge is 0.394 e. The maximum atomic E-state index is 13.1. The van der Waals surface area contributed by atoms with E-state index in [0.717, 1.165) is 89.9 Å². The summed E-state index contributed by atoms with van der Waals surface area (Å²) in [5.41, 5.74) is 0. The lowest BCUT2D eigenvalue weighted by Crippen LogP contribution is -2.60. The Morgan fingerprint density at radius 3 is 1.14 bits per heavy atom. The molecule has 0 aliphatic carbocycles. The zero-order chi connectivity index (χ0) is 60.7. The highest BCUT2D eigenvalue weighted by Gasteiger charge is 2.44. The first-order valence-electron chi connectivity index (χ1n) is 34.8. The summed E-state index contributed by atoms with van der Waals surface area (Å²) >= 11 is 0. The standard InChI is InChI=1S/C75H129NO8/c1-3-5-7-9-11-13-15-17-19-21-23-25-27-28-29-30-31-32-33-34-35-36-37-38-39-40-41-42-43-45-47-49-51-53-55-57-59-61-63-65-71(79)76-68(67-83-75-74(82)73(81)72(80)70(66-77)84-75)69(78)64-62-60-58-56-54-52-50-48-46-44-26-24-22-20-18-16-14-12-10-8-6-4-2/h5,7,11,13,17,19,23,25,28-29,31-32,34-35,46,48,54,56,62,64,68-70,72-75,77-78,80-82H,3-4,6,8-10,12,14-16,18,20-22,24,26-27,30,33,36-45,47,49-53,55,57-61,63,65-67H2,1-2H3,(H,76,79)/b7-5-,13-11-,19-17-,25-23-,29-28-,32-31-,35-34-,48-46+,56-54+,64-62+. The second-order valence-electron chi connectivity index (χ2n) is 23.6. The summed E-state index contributed by atoms with van der Waals surface area (Å²) in [7, 11) is 0. The minimum atomic E-state index is -1.58. The van der Waals surface area contributed by atoms with Crippen molar-refractivity contribution in [3.63, 3.8) is 0 Å². The van der Waals surface area contributed by atoms with Crippen LogP contribution < -0.4 is 5.32 Å². The molecular formula is C75H129NO8. The van der Waals surface area contributed by atoms with Gasteiger partial charge >= 0.3 is 0 Å². The number of aliphatic hydroxyl groups excluding tert-OH is 5. The van der Waals surface area contributed by atoms with Gasteiger partial charge in [0.25, 0.3) is 0 Å². The molecule has 0 aromatic heterocycles. The van der Waals surface area contributed by atoms with Crippen molar-refractivity contribution in [1.82, 2.24) is 5.32 Å². The third-order valence-corrected chi connectivity index (χ3v) is 15.7. The molecule has 0 saturated carbocycles. The summed E-state index contributed by atoms with van der Waals surface area (Å²) in [5.74, 6) is -0.191. The molecule has 6 N–H and O–H groups in total. The molecule has 0 aromatic carbocycles. The lowest BCUT2D eigenvalue weighted by atomic mass is 9.99. The van der Waals surface area contributed by atoms with Gasteiger partial charge in [0.1, 0.15) is 24.4 Å². The molecule has 1 aliphatic rings. The summed E-state index contributed by atoms with van der Waals surface area (Å²) in [6.07, 6.45) is 87.3. The van der Waals surface area contributed by atoms with Gasteiger partial charge in [0.2, 0.25) is 5.91 Å². The van der Waals surface area contributed by atoms with Crippen LogP contribution in [0.25, 0.3) is 0 Å². The number of hydrogen-bond acceptors (Lipinski definition) is 8. The quantitative estimate of drug-likeness (QED) is 0.0261. The summed E-state index contributed by atoms with van der Waals surface area (Å²) in [6, 6.07) is -0.835. The first-order valence-corrected chi connectivity index (χ1v) is 34.8. The predicted molar refractivity (Wildman–Crippen MR) is 359 cm³/mol. The van der Waals surface area contributed by atoms with E-state index >= 15 is 0 Å². The number of unbranched alkanes of at least 4 members (excludes halogenated alkanes) is 31. The normalized spacial score (nSPS) is 19.0. The summed E-state index contributed by atoms with van der Waals surface area (Å²) in [4.78, 5) is 13.1. The monoisotopic (exact) mass is 1170 g/mol. The summed E-state index contributed by atoms with van der Waals surface area (Å²) in [6.45, 7) is 3.66. The number of nitrogens with one attached hydrogen (secondary N) is 1. The second-order valence-corrected chi connectivity index (χ2v) is 23.6. The summed E-state index contributed by atoms with van der Waals surface area (Å²) < 4.78 is 11.3. The molecule has 7 atom stereocenters. The number of amides is 1. The van der Waals surface area contributed by atoms with E-state index in [1.54, 1.807) is 6.08 Å². The van der Waals surface area contributed by atoms with Crippen LogP contribution in [0.3, 0.4) is 0 Å². The molecule has 7 unspecified atom stereocenters. The molecular weight excluding hydrogens is 1040 g/mol. The van der Waals surface area contributed by atoms with Crippen LogP contribution in [0.5, 0.6) is 0 Å².